The number of alkyl halides is 2. The number of pyridine rings is 1. The lowest BCUT2D eigenvalue weighted by molar-refractivity contribution is -0.207. The van der Waals surface area contributed by atoms with Gasteiger partial charge in [-0.3, -0.25) is 4.98 Å². The van der Waals surface area contributed by atoms with Crippen molar-refractivity contribution in [1.29, 1.82) is 0 Å². The van der Waals surface area contributed by atoms with E-state index in [2.05, 4.69) is 27.1 Å². The average Bonchev–Trinajstić information content (AvgIpc) is 3.15. The summed E-state index contributed by atoms with van der Waals surface area (Å²) in [6.07, 6.45) is 4.20. The Hall–Kier alpha value is -3.14. The van der Waals surface area contributed by atoms with Crippen LogP contribution in [0.1, 0.15) is 16.8 Å². The Morgan fingerprint density at radius 1 is 1.18 bits per heavy atom. The Morgan fingerprint density at radius 2 is 1.96 bits per heavy atom. The van der Waals surface area contributed by atoms with E-state index in [4.69, 9.17) is 0 Å². The van der Waals surface area contributed by atoms with Crippen LogP contribution in [0.3, 0.4) is 0 Å². The van der Waals surface area contributed by atoms with Gasteiger partial charge in [-0.25, -0.2) is 13.5 Å². The highest BCUT2D eigenvalue weighted by molar-refractivity contribution is 5.31. The molecule has 3 rings (SSSR count). The quantitative estimate of drug-likeness (QED) is 0.493. The molecule has 1 unspecified atom stereocenters. The fourth-order valence-corrected chi connectivity index (χ4v) is 2.78. The Balaban J connectivity index is 2.12. The molecule has 6 nitrogen and oxygen atoms in total. The minimum absolute atomic E-state index is 0.413. The first-order chi connectivity index (χ1) is 13.3. The first kappa shape index (κ1) is 19.6. The molecule has 0 saturated carbocycles. The number of benzene rings is 1. The normalized spacial score (nSPS) is 13.9. The number of hydrogen-bond donors (Lipinski definition) is 1. The lowest BCUT2D eigenvalue weighted by atomic mass is 9.84. The van der Waals surface area contributed by atoms with E-state index in [0.29, 0.717) is 18.1 Å². The Morgan fingerprint density at radius 3 is 2.54 bits per heavy atom. The first-order valence-electron chi connectivity index (χ1n) is 8.10. The van der Waals surface area contributed by atoms with Crippen LogP contribution in [-0.2, 0) is 24.5 Å². The highest BCUT2D eigenvalue weighted by atomic mass is 19.3. The van der Waals surface area contributed by atoms with Crippen molar-refractivity contribution in [1.82, 2.24) is 25.2 Å². The van der Waals surface area contributed by atoms with E-state index in [1.54, 1.807) is 6.08 Å². The maximum Gasteiger partial charge on any atom is 0.323 e. The summed E-state index contributed by atoms with van der Waals surface area (Å²) in [4.78, 5) is 3.72. The van der Waals surface area contributed by atoms with E-state index < -0.39 is 41.0 Å². The van der Waals surface area contributed by atoms with Gasteiger partial charge in [0, 0.05) is 17.8 Å². The molecule has 3 aromatic rings. The molecule has 2 aromatic heterocycles. The molecule has 28 heavy (non-hydrogen) atoms. The molecule has 0 fully saturated rings. The molecule has 2 heterocycles. The van der Waals surface area contributed by atoms with Gasteiger partial charge in [-0.2, -0.15) is 8.78 Å². The largest absolute Gasteiger partial charge is 0.377 e. The van der Waals surface area contributed by atoms with Crippen molar-refractivity contribution >= 4 is 0 Å². The van der Waals surface area contributed by atoms with Gasteiger partial charge in [-0.05, 0) is 40.6 Å². The van der Waals surface area contributed by atoms with Crippen molar-refractivity contribution in [3.63, 3.8) is 0 Å². The standard InChI is InChI=1S/C18H15F4N5O/c1-2-3-12-4-7-16(23-9-12)18(21,22)17(28,10-27-11-24-25-26-27)14-6-5-13(19)8-15(14)20/h2,4-9,11,28H,1,3,10H2. The molecule has 0 saturated heterocycles. The van der Waals surface area contributed by atoms with E-state index in [0.717, 1.165) is 29.2 Å². The number of aliphatic hydroxyl groups is 1. The number of hydrogen-bond acceptors (Lipinski definition) is 5. The predicted molar refractivity (Wildman–Crippen MR) is 90.1 cm³/mol. The van der Waals surface area contributed by atoms with Crippen LogP contribution in [0.4, 0.5) is 17.6 Å². The van der Waals surface area contributed by atoms with Crippen molar-refractivity contribution in [3.05, 3.63) is 84.0 Å². The zero-order chi connectivity index (χ0) is 20.4. The fourth-order valence-electron chi connectivity index (χ4n) is 2.78. The number of aromatic nitrogens is 5. The summed E-state index contributed by atoms with van der Waals surface area (Å²) in [6.45, 7) is 2.66. The monoisotopic (exact) mass is 393 g/mol. The van der Waals surface area contributed by atoms with Crippen LogP contribution in [-0.4, -0.2) is 30.3 Å². The van der Waals surface area contributed by atoms with Crippen molar-refractivity contribution in [2.45, 2.75) is 24.5 Å². The van der Waals surface area contributed by atoms with Gasteiger partial charge in [0.15, 0.2) is 5.60 Å². The zero-order valence-electron chi connectivity index (χ0n) is 14.4. The van der Waals surface area contributed by atoms with Gasteiger partial charge >= 0.3 is 5.92 Å². The SMILES string of the molecule is C=CCc1ccc(C(F)(F)C(O)(Cn2cnnn2)c2ccc(F)cc2F)nc1. The molecule has 0 radical (unpaired) electrons. The van der Waals surface area contributed by atoms with E-state index in [1.165, 1.54) is 12.3 Å². The average molecular weight is 393 g/mol. The first-order valence-corrected chi connectivity index (χ1v) is 8.10. The van der Waals surface area contributed by atoms with Crippen molar-refractivity contribution in [3.8, 4) is 0 Å². The van der Waals surface area contributed by atoms with Crippen molar-refractivity contribution in [2.24, 2.45) is 0 Å². The molecule has 1 aromatic carbocycles. The molecule has 0 aliphatic heterocycles. The lowest BCUT2D eigenvalue weighted by Crippen LogP contribution is -2.48. The predicted octanol–water partition coefficient (Wildman–Crippen LogP) is 2.75. The number of tetrazole rings is 1. The number of halogens is 4. The lowest BCUT2D eigenvalue weighted by Gasteiger charge is -2.35. The van der Waals surface area contributed by atoms with E-state index in [-0.39, 0.29) is 0 Å². The molecule has 0 amide bonds. The highest BCUT2D eigenvalue weighted by Gasteiger charge is 2.57. The third-order valence-corrected chi connectivity index (χ3v) is 4.20. The Labute approximate surface area is 157 Å². The van der Waals surface area contributed by atoms with E-state index in [1.807, 2.05) is 0 Å². The van der Waals surface area contributed by atoms with Crippen LogP contribution in [0.5, 0.6) is 0 Å². The number of rotatable bonds is 7. The third-order valence-electron chi connectivity index (χ3n) is 4.20. The molecular formula is C18H15F4N5O. The minimum Gasteiger partial charge on any atom is -0.377 e. The second-order valence-electron chi connectivity index (χ2n) is 6.11. The Bertz CT molecular complexity index is 963. The molecule has 0 bridgehead atoms. The highest BCUT2D eigenvalue weighted by Crippen LogP contribution is 2.46. The van der Waals surface area contributed by atoms with E-state index >= 15 is 8.78 Å². The molecule has 1 atom stereocenters. The summed E-state index contributed by atoms with van der Waals surface area (Å²) >= 11 is 0. The molecule has 10 heteroatoms. The van der Waals surface area contributed by atoms with E-state index in [9.17, 15) is 13.9 Å². The minimum atomic E-state index is -4.07. The summed E-state index contributed by atoms with van der Waals surface area (Å²) in [5.41, 5.74) is -4.12. The molecule has 146 valence electrons. The molecular weight excluding hydrogens is 378 g/mol. The van der Waals surface area contributed by atoms with Crippen LogP contribution in [0.2, 0.25) is 0 Å². The van der Waals surface area contributed by atoms with Gasteiger partial charge in [0.05, 0.1) is 6.54 Å². The van der Waals surface area contributed by atoms with Gasteiger partial charge in [-0.15, -0.1) is 11.7 Å². The number of allylic oxidation sites excluding steroid dienone is 1. The Kier molecular flexibility index (Phi) is 5.23. The fraction of sp³-hybridized carbons (Fsp3) is 0.222. The topological polar surface area (TPSA) is 76.7 Å². The second-order valence-corrected chi connectivity index (χ2v) is 6.11. The summed E-state index contributed by atoms with van der Waals surface area (Å²) in [7, 11) is 0. The van der Waals surface area contributed by atoms with Crippen LogP contribution in [0.15, 0.2) is 55.5 Å². The third kappa shape index (κ3) is 3.50. The summed E-state index contributed by atoms with van der Waals surface area (Å²) < 4.78 is 59.3. The molecule has 0 aliphatic rings. The zero-order valence-corrected chi connectivity index (χ0v) is 14.4. The maximum absolute atomic E-state index is 15.4. The van der Waals surface area contributed by atoms with Gasteiger partial charge in [0.2, 0.25) is 0 Å². The number of nitrogens with zero attached hydrogens (tertiary/aromatic N) is 5. The smallest absolute Gasteiger partial charge is 0.323 e. The summed E-state index contributed by atoms with van der Waals surface area (Å²) in [5.74, 6) is -6.37. The molecule has 0 aliphatic carbocycles. The van der Waals surface area contributed by atoms with Crippen LogP contribution < -0.4 is 0 Å². The van der Waals surface area contributed by atoms with Crippen molar-refractivity contribution in [2.75, 3.05) is 0 Å². The maximum atomic E-state index is 15.4. The van der Waals surface area contributed by atoms with Gasteiger partial charge in [0.25, 0.3) is 0 Å². The van der Waals surface area contributed by atoms with Crippen molar-refractivity contribution < 1.29 is 22.7 Å². The van der Waals surface area contributed by atoms with Crippen LogP contribution >= 0.6 is 0 Å². The summed E-state index contributed by atoms with van der Waals surface area (Å²) in [6, 6.07) is 4.38. The second kappa shape index (κ2) is 7.47. The molecule has 0 spiro atoms. The van der Waals surface area contributed by atoms with Crippen LogP contribution in [0.25, 0.3) is 0 Å². The van der Waals surface area contributed by atoms with Gasteiger partial charge in [0.1, 0.15) is 23.7 Å². The van der Waals surface area contributed by atoms with Crippen LogP contribution in [0, 0.1) is 11.6 Å². The van der Waals surface area contributed by atoms with Gasteiger partial charge in [-0.1, -0.05) is 12.1 Å². The summed E-state index contributed by atoms with van der Waals surface area (Å²) in [5, 5.41) is 21.1. The molecule has 1 N–H and O–H groups in total. The van der Waals surface area contributed by atoms with Gasteiger partial charge < -0.3 is 5.11 Å².